The highest BCUT2D eigenvalue weighted by atomic mass is 79.9. The van der Waals surface area contributed by atoms with Crippen molar-refractivity contribution in [3.63, 3.8) is 0 Å². The zero-order valence-corrected chi connectivity index (χ0v) is 18.4. The van der Waals surface area contributed by atoms with Gasteiger partial charge >= 0.3 is 0 Å². The third-order valence-corrected chi connectivity index (χ3v) is 5.88. The number of benzene rings is 1. The van der Waals surface area contributed by atoms with Gasteiger partial charge in [-0.25, -0.2) is 4.98 Å². The first-order chi connectivity index (χ1) is 11.0. The highest BCUT2D eigenvalue weighted by Crippen LogP contribution is 2.35. The van der Waals surface area contributed by atoms with Gasteiger partial charge in [-0.05, 0) is 43.1 Å². The van der Waals surface area contributed by atoms with Crippen LogP contribution in [0.2, 0.25) is 0 Å². The number of aromatic nitrogens is 1. The molecular formula is C17H24BrCl2N3OS. The van der Waals surface area contributed by atoms with E-state index >= 15 is 0 Å². The van der Waals surface area contributed by atoms with Crippen molar-refractivity contribution in [2.75, 3.05) is 26.7 Å². The van der Waals surface area contributed by atoms with Crippen molar-refractivity contribution in [1.29, 1.82) is 0 Å². The summed E-state index contributed by atoms with van der Waals surface area (Å²) in [7, 11) is 1.69. The highest BCUT2D eigenvalue weighted by molar-refractivity contribution is 9.10. The summed E-state index contributed by atoms with van der Waals surface area (Å²) in [5.41, 5.74) is 8.30. The van der Waals surface area contributed by atoms with Crippen molar-refractivity contribution in [2.24, 2.45) is 11.1 Å². The van der Waals surface area contributed by atoms with E-state index in [0.717, 1.165) is 52.7 Å². The van der Waals surface area contributed by atoms with E-state index in [2.05, 4.69) is 39.2 Å². The fourth-order valence-electron chi connectivity index (χ4n) is 3.01. The molecule has 0 bridgehead atoms. The van der Waals surface area contributed by atoms with E-state index in [1.807, 2.05) is 12.1 Å². The van der Waals surface area contributed by atoms with E-state index in [-0.39, 0.29) is 30.2 Å². The summed E-state index contributed by atoms with van der Waals surface area (Å²) in [5.74, 6) is 0.853. The van der Waals surface area contributed by atoms with Crippen molar-refractivity contribution in [3.05, 3.63) is 33.7 Å². The maximum Gasteiger partial charge on any atom is 0.129 e. The molecule has 25 heavy (non-hydrogen) atoms. The van der Waals surface area contributed by atoms with Crippen LogP contribution in [-0.2, 0) is 6.54 Å². The minimum absolute atomic E-state index is 0. The van der Waals surface area contributed by atoms with Crippen LogP contribution in [0.3, 0.4) is 0 Å². The summed E-state index contributed by atoms with van der Waals surface area (Å²) in [6.07, 6.45) is 1.17. The zero-order valence-electron chi connectivity index (χ0n) is 14.3. The lowest BCUT2D eigenvalue weighted by Gasteiger charge is -2.22. The fraction of sp³-hybridized carbons (Fsp3) is 0.471. The van der Waals surface area contributed by atoms with Crippen LogP contribution in [0.25, 0.3) is 10.6 Å². The molecule has 8 heteroatoms. The summed E-state index contributed by atoms with van der Waals surface area (Å²) in [6, 6.07) is 6.01. The molecule has 1 unspecified atom stereocenters. The molecule has 2 heterocycles. The van der Waals surface area contributed by atoms with Crippen molar-refractivity contribution < 1.29 is 4.74 Å². The predicted molar refractivity (Wildman–Crippen MR) is 113 cm³/mol. The molecule has 0 saturated carbocycles. The SMILES string of the molecule is COc1ccc(Br)cc1-c1nc(CN2CCC(C)(CN)C2)cs1.Cl.Cl. The van der Waals surface area contributed by atoms with Crippen molar-refractivity contribution in [2.45, 2.75) is 19.9 Å². The van der Waals surface area contributed by atoms with Gasteiger partial charge in [-0.3, -0.25) is 4.90 Å². The molecule has 2 N–H and O–H groups in total. The number of nitrogens with two attached hydrogens (primary N) is 1. The van der Waals surface area contributed by atoms with Crippen LogP contribution in [0.1, 0.15) is 19.0 Å². The largest absolute Gasteiger partial charge is 0.496 e. The summed E-state index contributed by atoms with van der Waals surface area (Å²) < 4.78 is 6.49. The van der Waals surface area contributed by atoms with Crippen LogP contribution in [0, 0.1) is 5.41 Å². The normalized spacial score (nSPS) is 20.0. The molecule has 1 fully saturated rings. The summed E-state index contributed by atoms with van der Waals surface area (Å²) in [5, 5.41) is 3.15. The third kappa shape index (κ3) is 5.31. The highest BCUT2D eigenvalue weighted by Gasteiger charge is 2.32. The first kappa shape index (κ1) is 22.7. The monoisotopic (exact) mass is 467 g/mol. The van der Waals surface area contributed by atoms with Crippen LogP contribution in [-0.4, -0.2) is 36.6 Å². The molecule has 1 aromatic carbocycles. The smallest absolute Gasteiger partial charge is 0.129 e. The number of rotatable bonds is 5. The second-order valence-electron chi connectivity index (χ2n) is 6.46. The third-order valence-electron chi connectivity index (χ3n) is 4.46. The number of hydrogen-bond donors (Lipinski definition) is 1. The number of halogens is 3. The molecule has 0 amide bonds. The fourth-order valence-corrected chi connectivity index (χ4v) is 4.20. The predicted octanol–water partition coefficient (Wildman–Crippen LogP) is 4.60. The minimum Gasteiger partial charge on any atom is -0.496 e. The summed E-state index contributed by atoms with van der Waals surface area (Å²) in [6.45, 7) is 6.06. The van der Waals surface area contributed by atoms with Gasteiger partial charge in [-0.15, -0.1) is 36.2 Å². The molecule has 2 aromatic rings. The van der Waals surface area contributed by atoms with E-state index in [1.54, 1.807) is 18.4 Å². The second kappa shape index (κ2) is 9.53. The Morgan fingerprint density at radius 1 is 1.40 bits per heavy atom. The number of thiazole rings is 1. The maximum absolute atomic E-state index is 5.89. The lowest BCUT2D eigenvalue weighted by molar-refractivity contribution is 0.272. The van der Waals surface area contributed by atoms with Gasteiger partial charge in [0.1, 0.15) is 10.8 Å². The number of hydrogen-bond acceptors (Lipinski definition) is 5. The Bertz CT molecular complexity index is 700. The summed E-state index contributed by atoms with van der Waals surface area (Å²) >= 11 is 5.19. The Balaban J connectivity index is 0.00000156. The Labute approximate surface area is 174 Å². The van der Waals surface area contributed by atoms with Crippen molar-refractivity contribution >= 4 is 52.1 Å². The molecule has 0 radical (unpaired) electrons. The number of likely N-dealkylation sites (tertiary alicyclic amines) is 1. The molecule has 1 aromatic heterocycles. The van der Waals surface area contributed by atoms with Crippen molar-refractivity contribution in [3.8, 4) is 16.3 Å². The van der Waals surface area contributed by atoms with Crippen LogP contribution in [0.15, 0.2) is 28.1 Å². The zero-order chi connectivity index (χ0) is 16.4. The molecule has 140 valence electrons. The molecule has 0 spiro atoms. The topological polar surface area (TPSA) is 51.4 Å². The molecule has 1 aliphatic rings. The van der Waals surface area contributed by atoms with Gasteiger partial charge in [0.2, 0.25) is 0 Å². The quantitative estimate of drug-likeness (QED) is 0.696. The second-order valence-corrected chi connectivity index (χ2v) is 8.24. The van der Waals surface area contributed by atoms with Gasteiger partial charge in [0.25, 0.3) is 0 Å². The molecule has 0 aliphatic carbocycles. The number of methoxy groups -OCH3 is 1. The Hall–Kier alpha value is -0.370. The van der Waals surface area contributed by atoms with Crippen molar-refractivity contribution in [1.82, 2.24) is 9.88 Å². The van der Waals surface area contributed by atoms with E-state index < -0.39 is 0 Å². The van der Waals surface area contributed by atoms with E-state index in [4.69, 9.17) is 15.5 Å². The minimum atomic E-state index is 0. The lowest BCUT2D eigenvalue weighted by atomic mass is 9.90. The van der Waals surface area contributed by atoms with Gasteiger partial charge in [0.15, 0.2) is 0 Å². The maximum atomic E-state index is 5.89. The van der Waals surface area contributed by atoms with Crippen LogP contribution >= 0.6 is 52.1 Å². The lowest BCUT2D eigenvalue weighted by Crippen LogP contribution is -2.31. The molecular weight excluding hydrogens is 445 g/mol. The Kier molecular flexibility index (Phi) is 8.64. The first-order valence-corrected chi connectivity index (χ1v) is 9.41. The first-order valence-electron chi connectivity index (χ1n) is 7.74. The number of ether oxygens (including phenoxy) is 1. The molecule has 3 rings (SSSR count). The van der Waals surface area contributed by atoms with Crippen LogP contribution in [0.5, 0.6) is 5.75 Å². The van der Waals surface area contributed by atoms with Gasteiger partial charge in [0.05, 0.1) is 18.4 Å². The van der Waals surface area contributed by atoms with Gasteiger partial charge in [0, 0.05) is 22.9 Å². The summed E-state index contributed by atoms with van der Waals surface area (Å²) in [4.78, 5) is 7.26. The average molecular weight is 469 g/mol. The molecule has 1 aliphatic heterocycles. The standard InChI is InChI=1S/C17H22BrN3OS.2ClH/c1-17(10-19)5-6-21(11-17)8-13-9-23-16(20-13)14-7-12(18)3-4-15(14)22-2;;/h3-4,7,9H,5-6,8,10-11,19H2,1-2H3;2*1H. The van der Waals surface area contributed by atoms with Crippen LogP contribution in [0.4, 0.5) is 0 Å². The number of nitrogens with zero attached hydrogens (tertiary/aromatic N) is 2. The molecule has 1 atom stereocenters. The van der Waals surface area contributed by atoms with Gasteiger partial charge in [-0.1, -0.05) is 22.9 Å². The Morgan fingerprint density at radius 2 is 2.16 bits per heavy atom. The van der Waals surface area contributed by atoms with E-state index in [1.165, 1.54) is 6.42 Å². The molecule has 1 saturated heterocycles. The average Bonchev–Trinajstić information content (AvgIpc) is 3.15. The van der Waals surface area contributed by atoms with Gasteiger partial charge in [-0.2, -0.15) is 0 Å². The van der Waals surface area contributed by atoms with E-state index in [9.17, 15) is 0 Å². The van der Waals surface area contributed by atoms with Crippen LogP contribution < -0.4 is 10.5 Å². The Morgan fingerprint density at radius 3 is 2.80 bits per heavy atom. The van der Waals surface area contributed by atoms with E-state index in [0.29, 0.717) is 0 Å². The van der Waals surface area contributed by atoms with Gasteiger partial charge < -0.3 is 10.5 Å². The molecule has 4 nitrogen and oxygen atoms in total.